The molecule has 6 heteroatoms. The van der Waals surface area contributed by atoms with Gasteiger partial charge in [0.15, 0.2) is 0 Å². The first-order valence-electron chi connectivity index (χ1n) is 7.85. The fourth-order valence-electron chi connectivity index (χ4n) is 3.56. The van der Waals surface area contributed by atoms with E-state index < -0.39 is 0 Å². The van der Waals surface area contributed by atoms with Crippen molar-refractivity contribution in [1.29, 1.82) is 0 Å². The lowest BCUT2D eigenvalue weighted by Crippen LogP contribution is -2.37. The third kappa shape index (κ3) is 3.27. The van der Waals surface area contributed by atoms with Crippen molar-refractivity contribution in [1.82, 2.24) is 10.2 Å². The number of thiophene rings is 1. The number of nitrogens with zero attached hydrogens (tertiary/aromatic N) is 2. The average Bonchev–Trinajstić information content (AvgIpc) is 3.21. The van der Waals surface area contributed by atoms with E-state index in [1.807, 2.05) is 13.1 Å². The van der Waals surface area contributed by atoms with Crippen LogP contribution in [0, 0.1) is 16.0 Å². The summed E-state index contributed by atoms with van der Waals surface area (Å²) >= 11 is 1.37. The van der Waals surface area contributed by atoms with E-state index >= 15 is 0 Å². The molecular weight excluding hydrogens is 286 g/mol. The van der Waals surface area contributed by atoms with Crippen LogP contribution < -0.4 is 5.32 Å². The summed E-state index contributed by atoms with van der Waals surface area (Å²) in [6, 6.07) is 4.71. The standard InChI is InChI=1S/C15H23N3O2S/c1-16-10-11-4-2-3-9-17(12-5-6-12)15(11)13-7-8-14(21-13)18(19)20/h7-8,11-12,15-16H,2-6,9-10H2,1H3. The molecule has 1 saturated heterocycles. The monoisotopic (exact) mass is 309 g/mol. The molecule has 1 aromatic heterocycles. The summed E-state index contributed by atoms with van der Waals surface area (Å²) in [5.41, 5.74) is 0. The Bertz CT molecular complexity index is 501. The van der Waals surface area contributed by atoms with E-state index in [2.05, 4.69) is 10.2 Å². The van der Waals surface area contributed by atoms with Crippen LogP contribution in [0.5, 0.6) is 0 Å². The molecule has 1 aliphatic heterocycles. The predicted octanol–water partition coefficient (Wildman–Crippen LogP) is 3.18. The second kappa shape index (κ2) is 6.42. The van der Waals surface area contributed by atoms with E-state index in [-0.39, 0.29) is 9.92 Å². The van der Waals surface area contributed by atoms with Crippen LogP contribution in [0.4, 0.5) is 5.00 Å². The summed E-state index contributed by atoms with van der Waals surface area (Å²) in [5, 5.41) is 14.6. The van der Waals surface area contributed by atoms with Crippen molar-refractivity contribution >= 4 is 16.3 Å². The van der Waals surface area contributed by atoms with E-state index in [9.17, 15) is 10.1 Å². The fraction of sp³-hybridized carbons (Fsp3) is 0.733. The highest BCUT2D eigenvalue weighted by molar-refractivity contribution is 7.15. The predicted molar refractivity (Wildman–Crippen MR) is 84.7 cm³/mol. The first kappa shape index (κ1) is 14.9. The lowest BCUT2D eigenvalue weighted by atomic mass is 9.93. The smallest absolute Gasteiger partial charge is 0.319 e. The zero-order valence-corrected chi connectivity index (χ0v) is 13.3. The van der Waals surface area contributed by atoms with Crippen molar-refractivity contribution in [2.75, 3.05) is 20.1 Å². The zero-order valence-electron chi connectivity index (χ0n) is 12.5. The van der Waals surface area contributed by atoms with Crippen LogP contribution in [0.3, 0.4) is 0 Å². The molecule has 3 rings (SSSR count). The maximum Gasteiger partial charge on any atom is 0.324 e. The van der Waals surface area contributed by atoms with Gasteiger partial charge in [-0.3, -0.25) is 15.0 Å². The first-order chi connectivity index (χ1) is 10.2. The molecular formula is C15H23N3O2S. The first-order valence-corrected chi connectivity index (χ1v) is 8.67. The molecule has 116 valence electrons. The molecule has 1 saturated carbocycles. The summed E-state index contributed by atoms with van der Waals surface area (Å²) in [4.78, 5) is 14.5. The summed E-state index contributed by atoms with van der Waals surface area (Å²) in [7, 11) is 2.00. The zero-order chi connectivity index (χ0) is 14.8. The van der Waals surface area contributed by atoms with Crippen LogP contribution in [-0.2, 0) is 0 Å². The lowest BCUT2D eigenvalue weighted by molar-refractivity contribution is -0.380. The van der Waals surface area contributed by atoms with Gasteiger partial charge in [0, 0.05) is 23.0 Å². The Labute approximate surface area is 129 Å². The molecule has 0 amide bonds. The van der Waals surface area contributed by atoms with Crippen molar-refractivity contribution in [2.24, 2.45) is 5.92 Å². The number of likely N-dealkylation sites (tertiary alicyclic amines) is 1. The van der Waals surface area contributed by atoms with Crippen LogP contribution >= 0.6 is 11.3 Å². The normalized spacial score (nSPS) is 27.5. The van der Waals surface area contributed by atoms with Crippen LogP contribution in [0.15, 0.2) is 12.1 Å². The minimum Gasteiger partial charge on any atom is -0.319 e. The summed E-state index contributed by atoms with van der Waals surface area (Å²) in [6.45, 7) is 2.13. The molecule has 21 heavy (non-hydrogen) atoms. The molecule has 2 fully saturated rings. The van der Waals surface area contributed by atoms with Gasteiger partial charge in [-0.1, -0.05) is 17.8 Å². The molecule has 0 radical (unpaired) electrons. The van der Waals surface area contributed by atoms with Crippen molar-refractivity contribution in [2.45, 2.75) is 44.2 Å². The number of hydrogen-bond acceptors (Lipinski definition) is 5. The highest BCUT2D eigenvalue weighted by Gasteiger charge is 2.40. The van der Waals surface area contributed by atoms with Gasteiger partial charge in [0.05, 0.1) is 4.92 Å². The van der Waals surface area contributed by atoms with E-state index in [4.69, 9.17) is 0 Å². The lowest BCUT2D eigenvalue weighted by Gasteiger charge is -2.34. The number of rotatable bonds is 5. The van der Waals surface area contributed by atoms with Gasteiger partial charge in [-0.2, -0.15) is 0 Å². The maximum absolute atomic E-state index is 11.0. The van der Waals surface area contributed by atoms with Gasteiger partial charge in [0.2, 0.25) is 0 Å². The van der Waals surface area contributed by atoms with E-state index in [1.165, 1.54) is 48.3 Å². The third-order valence-corrected chi connectivity index (χ3v) is 5.72. The summed E-state index contributed by atoms with van der Waals surface area (Å²) < 4.78 is 0. The van der Waals surface area contributed by atoms with Gasteiger partial charge in [0.1, 0.15) is 0 Å². The minimum atomic E-state index is -0.264. The van der Waals surface area contributed by atoms with Gasteiger partial charge in [-0.05, 0) is 57.8 Å². The van der Waals surface area contributed by atoms with Gasteiger partial charge in [-0.25, -0.2) is 0 Å². The molecule has 0 bridgehead atoms. The molecule has 0 spiro atoms. The summed E-state index contributed by atoms with van der Waals surface area (Å²) in [6.07, 6.45) is 6.30. The maximum atomic E-state index is 11.0. The van der Waals surface area contributed by atoms with E-state index in [1.54, 1.807) is 6.07 Å². The average molecular weight is 309 g/mol. The van der Waals surface area contributed by atoms with Crippen molar-refractivity contribution in [3.63, 3.8) is 0 Å². The molecule has 0 aromatic carbocycles. The van der Waals surface area contributed by atoms with Crippen molar-refractivity contribution < 1.29 is 4.92 Å². The topological polar surface area (TPSA) is 58.4 Å². The van der Waals surface area contributed by atoms with Gasteiger partial charge >= 0.3 is 5.00 Å². The Hall–Kier alpha value is -0.980. The highest BCUT2D eigenvalue weighted by Crippen LogP contribution is 2.44. The second-order valence-corrected chi connectivity index (χ2v) is 7.25. The largest absolute Gasteiger partial charge is 0.324 e. The molecule has 5 nitrogen and oxygen atoms in total. The van der Waals surface area contributed by atoms with Crippen LogP contribution in [-0.4, -0.2) is 36.0 Å². The van der Waals surface area contributed by atoms with Crippen molar-refractivity contribution in [3.05, 3.63) is 27.1 Å². The Morgan fingerprint density at radius 1 is 1.38 bits per heavy atom. The molecule has 1 aliphatic carbocycles. The van der Waals surface area contributed by atoms with Crippen LogP contribution in [0.25, 0.3) is 0 Å². The molecule has 2 unspecified atom stereocenters. The second-order valence-electron chi connectivity index (χ2n) is 6.16. The van der Waals surface area contributed by atoms with Crippen molar-refractivity contribution in [3.8, 4) is 0 Å². The quantitative estimate of drug-likeness (QED) is 0.670. The SMILES string of the molecule is CNCC1CCCCN(C2CC2)C1c1ccc([N+](=O)[O-])s1. The van der Waals surface area contributed by atoms with E-state index in [0.717, 1.165) is 13.1 Å². The molecule has 2 aliphatic rings. The molecule has 1 aromatic rings. The van der Waals surface area contributed by atoms with Gasteiger partial charge in [0.25, 0.3) is 0 Å². The number of nitro groups is 1. The van der Waals surface area contributed by atoms with Gasteiger partial charge in [-0.15, -0.1) is 0 Å². The fourth-order valence-corrected chi connectivity index (χ4v) is 4.59. The Balaban J connectivity index is 1.90. The highest BCUT2D eigenvalue weighted by atomic mass is 32.1. The molecule has 2 heterocycles. The summed E-state index contributed by atoms with van der Waals surface area (Å²) in [5.74, 6) is 0.552. The van der Waals surface area contributed by atoms with E-state index in [0.29, 0.717) is 18.0 Å². The Morgan fingerprint density at radius 2 is 2.19 bits per heavy atom. The Kier molecular flexibility index (Phi) is 4.57. The Morgan fingerprint density at radius 3 is 2.81 bits per heavy atom. The van der Waals surface area contributed by atoms with Crippen LogP contribution in [0.1, 0.15) is 43.0 Å². The molecule has 2 atom stereocenters. The number of hydrogen-bond donors (Lipinski definition) is 1. The van der Waals surface area contributed by atoms with Crippen LogP contribution in [0.2, 0.25) is 0 Å². The minimum absolute atomic E-state index is 0.264. The van der Waals surface area contributed by atoms with Gasteiger partial charge < -0.3 is 5.32 Å². The molecule has 1 N–H and O–H groups in total. The third-order valence-electron chi connectivity index (χ3n) is 4.61. The number of nitrogens with one attached hydrogen (secondary N) is 1.